The number of nitrogens with one attached hydrogen (secondary N) is 1. The number of fused-ring (bicyclic) bond motifs is 1. The number of amides is 3. The van der Waals surface area contributed by atoms with Gasteiger partial charge >= 0.3 is 0 Å². The zero-order chi connectivity index (χ0) is 18.8. The van der Waals surface area contributed by atoms with Crippen molar-refractivity contribution in [2.45, 2.75) is 51.6 Å². The van der Waals surface area contributed by atoms with Crippen LogP contribution >= 0.6 is 0 Å². The molecular weight excluding hydrogens is 330 g/mol. The maximum atomic E-state index is 12.7. The molecule has 1 heterocycles. The summed E-state index contributed by atoms with van der Waals surface area (Å²) in [5, 5.41) is 2.91. The van der Waals surface area contributed by atoms with E-state index >= 15 is 0 Å². The van der Waals surface area contributed by atoms with Gasteiger partial charge in [-0.05, 0) is 42.5 Å². The molecule has 1 aromatic carbocycles. The van der Waals surface area contributed by atoms with Crippen LogP contribution in [0.2, 0.25) is 0 Å². The smallest absolute Gasteiger partial charge is 0.245 e. The molecule has 1 fully saturated rings. The van der Waals surface area contributed by atoms with E-state index < -0.39 is 6.04 Å². The Kier molecular flexibility index (Phi) is 5.30. The van der Waals surface area contributed by atoms with E-state index in [4.69, 9.17) is 0 Å². The first-order valence-corrected chi connectivity index (χ1v) is 9.34. The van der Waals surface area contributed by atoms with Crippen LogP contribution in [-0.4, -0.2) is 47.7 Å². The minimum absolute atomic E-state index is 0.00478. The largest absolute Gasteiger partial charge is 0.347 e. The number of rotatable bonds is 5. The SMILES string of the molecule is CCCC(=O)Nc1ccc2c(c1)CN(C(=O)C1CC1)[C@H](C(=O)N(C)C)C2. The van der Waals surface area contributed by atoms with Gasteiger partial charge in [-0.15, -0.1) is 0 Å². The number of likely N-dealkylation sites (N-methyl/N-ethyl adjacent to an activating group) is 1. The summed E-state index contributed by atoms with van der Waals surface area (Å²) < 4.78 is 0. The van der Waals surface area contributed by atoms with E-state index in [1.807, 2.05) is 25.1 Å². The molecule has 0 saturated heterocycles. The summed E-state index contributed by atoms with van der Waals surface area (Å²) in [6, 6.07) is 5.34. The number of carbonyl (C=O) groups excluding carboxylic acids is 3. The van der Waals surface area contributed by atoms with Crippen LogP contribution < -0.4 is 5.32 Å². The van der Waals surface area contributed by atoms with Crippen molar-refractivity contribution in [2.75, 3.05) is 19.4 Å². The second kappa shape index (κ2) is 7.48. The van der Waals surface area contributed by atoms with Crippen LogP contribution in [0.25, 0.3) is 0 Å². The Morgan fingerprint density at radius 1 is 1.19 bits per heavy atom. The molecule has 1 atom stereocenters. The first-order valence-electron chi connectivity index (χ1n) is 9.34. The molecule has 0 aromatic heterocycles. The molecule has 6 nitrogen and oxygen atoms in total. The first-order chi connectivity index (χ1) is 12.4. The molecule has 26 heavy (non-hydrogen) atoms. The van der Waals surface area contributed by atoms with Gasteiger partial charge in [-0.2, -0.15) is 0 Å². The van der Waals surface area contributed by atoms with Crippen LogP contribution in [0, 0.1) is 5.92 Å². The lowest BCUT2D eigenvalue weighted by molar-refractivity contribution is -0.146. The van der Waals surface area contributed by atoms with Gasteiger partial charge in [0.25, 0.3) is 0 Å². The van der Waals surface area contributed by atoms with Crippen molar-refractivity contribution in [1.29, 1.82) is 0 Å². The predicted octanol–water partition coefficient (Wildman–Crippen LogP) is 2.18. The molecule has 0 unspecified atom stereocenters. The van der Waals surface area contributed by atoms with E-state index in [1.54, 1.807) is 23.9 Å². The number of anilines is 1. The predicted molar refractivity (Wildman–Crippen MR) is 99.4 cm³/mol. The lowest BCUT2D eigenvalue weighted by Gasteiger charge is -2.37. The van der Waals surface area contributed by atoms with Gasteiger partial charge in [-0.25, -0.2) is 0 Å². The number of nitrogens with zero attached hydrogens (tertiary/aromatic N) is 2. The highest BCUT2D eigenvalue weighted by Gasteiger charge is 2.41. The quantitative estimate of drug-likeness (QED) is 0.878. The molecule has 1 aliphatic carbocycles. The molecule has 2 aliphatic rings. The highest BCUT2D eigenvalue weighted by molar-refractivity contribution is 5.92. The summed E-state index contributed by atoms with van der Waals surface area (Å²) >= 11 is 0. The Hall–Kier alpha value is -2.37. The maximum Gasteiger partial charge on any atom is 0.245 e. The standard InChI is InChI=1S/C20H27N3O3/c1-4-5-18(24)21-16-9-8-14-11-17(20(26)22(2)3)23(12-15(14)10-16)19(25)13-6-7-13/h8-10,13,17H,4-7,11-12H2,1-3H3,(H,21,24)/t17-/m0/s1. The number of carbonyl (C=O) groups is 3. The van der Waals surface area contributed by atoms with Gasteiger partial charge in [-0.3, -0.25) is 14.4 Å². The van der Waals surface area contributed by atoms with Gasteiger partial charge in [0, 0.05) is 45.1 Å². The third-order valence-electron chi connectivity index (χ3n) is 5.03. The van der Waals surface area contributed by atoms with E-state index in [0.717, 1.165) is 36.1 Å². The number of benzene rings is 1. The molecule has 1 N–H and O–H groups in total. The topological polar surface area (TPSA) is 69.7 Å². The van der Waals surface area contributed by atoms with E-state index in [-0.39, 0.29) is 23.6 Å². The number of hydrogen-bond donors (Lipinski definition) is 1. The Morgan fingerprint density at radius 3 is 2.54 bits per heavy atom. The summed E-state index contributed by atoms with van der Waals surface area (Å²) in [5.41, 5.74) is 2.83. The summed E-state index contributed by atoms with van der Waals surface area (Å²) in [5.74, 6) is 0.109. The molecule has 6 heteroatoms. The Bertz CT molecular complexity index is 725. The van der Waals surface area contributed by atoms with Crippen molar-refractivity contribution in [3.05, 3.63) is 29.3 Å². The summed E-state index contributed by atoms with van der Waals surface area (Å²) in [7, 11) is 3.45. The highest BCUT2D eigenvalue weighted by atomic mass is 16.2. The lowest BCUT2D eigenvalue weighted by atomic mass is 9.92. The second-order valence-corrected chi connectivity index (χ2v) is 7.47. The Morgan fingerprint density at radius 2 is 1.92 bits per heavy atom. The Labute approximate surface area is 154 Å². The van der Waals surface area contributed by atoms with Crippen LogP contribution in [0.15, 0.2) is 18.2 Å². The van der Waals surface area contributed by atoms with Crippen molar-refractivity contribution in [2.24, 2.45) is 5.92 Å². The highest BCUT2D eigenvalue weighted by Crippen LogP contribution is 2.35. The van der Waals surface area contributed by atoms with E-state index in [0.29, 0.717) is 19.4 Å². The van der Waals surface area contributed by atoms with Crippen molar-refractivity contribution in [3.63, 3.8) is 0 Å². The molecule has 1 aromatic rings. The minimum atomic E-state index is -0.439. The third kappa shape index (κ3) is 3.89. The average Bonchev–Trinajstić information content (AvgIpc) is 3.44. The third-order valence-corrected chi connectivity index (χ3v) is 5.03. The summed E-state index contributed by atoms with van der Waals surface area (Å²) in [4.78, 5) is 40.5. The van der Waals surface area contributed by atoms with Crippen LogP contribution in [0.1, 0.15) is 43.7 Å². The Balaban J connectivity index is 1.85. The van der Waals surface area contributed by atoms with Gasteiger partial charge < -0.3 is 15.1 Å². The van der Waals surface area contributed by atoms with Crippen LogP contribution in [0.5, 0.6) is 0 Å². The minimum Gasteiger partial charge on any atom is -0.347 e. The summed E-state index contributed by atoms with van der Waals surface area (Å²) in [6.07, 6.45) is 3.64. The van der Waals surface area contributed by atoms with Crippen molar-refractivity contribution < 1.29 is 14.4 Å². The van der Waals surface area contributed by atoms with Crippen molar-refractivity contribution in [1.82, 2.24) is 9.80 Å². The van der Waals surface area contributed by atoms with E-state index in [9.17, 15) is 14.4 Å². The van der Waals surface area contributed by atoms with Gasteiger partial charge in [0.1, 0.15) is 6.04 Å². The zero-order valence-corrected chi connectivity index (χ0v) is 15.7. The van der Waals surface area contributed by atoms with Gasteiger partial charge in [-0.1, -0.05) is 13.0 Å². The molecule has 1 aliphatic heterocycles. The maximum absolute atomic E-state index is 12.7. The number of hydrogen-bond acceptors (Lipinski definition) is 3. The molecule has 1 saturated carbocycles. The molecule has 0 spiro atoms. The molecule has 3 amide bonds. The lowest BCUT2D eigenvalue weighted by Crippen LogP contribution is -2.52. The second-order valence-electron chi connectivity index (χ2n) is 7.47. The van der Waals surface area contributed by atoms with Crippen LogP contribution in [0.3, 0.4) is 0 Å². The van der Waals surface area contributed by atoms with E-state index in [1.165, 1.54) is 0 Å². The van der Waals surface area contributed by atoms with Crippen molar-refractivity contribution >= 4 is 23.4 Å². The fourth-order valence-corrected chi connectivity index (χ4v) is 3.43. The van der Waals surface area contributed by atoms with Gasteiger partial charge in [0.2, 0.25) is 17.7 Å². The molecule has 0 radical (unpaired) electrons. The van der Waals surface area contributed by atoms with Crippen LogP contribution in [0.4, 0.5) is 5.69 Å². The molecule has 3 rings (SSSR count). The molecular formula is C20H27N3O3. The van der Waals surface area contributed by atoms with Crippen LogP contribution in [-0.2, 0) is 27.3 Å². The van der Waals surface area contributed by atoms with Gasteiger partial charge in [0.05, 0.1) is 0 Å². The summed E-state index contributed by atoms with van der Waals surface area (Å²) in [6.45, 7) is 2.39. The fraction of sp³-hybridized carbons (Fsp3) is 0.550. The fourth-order valence-electron chi connectivity index (χ4n) is 3.43. The normalized spacial score (nSPS) is 18.9. The van der Waals surface area contributed by atoms with Crippen molar-refractivity contribution in [3.8, 4) is 0 Å². The molecule has 140 valence electrons. The molecule has 0 bridgehead atoms. The van der Waals surface area contributed by atoms with E-state index in [2.05, 4.69) is 5.32 Å². The monoisotopic (exact) mass is 357 g/mol. The van der Waals surface area contributed by atoms with Gasteiger partial charge in [0.15, 0.2) is 0 Å². The zero-order valence-electron chi connectivity index (χ0n) is 15.7. The average molecular weight is 357 g/mol. The first kappa shape index (κ1) is 18.4.